The summed E-state index contributed by atoms with van der Waals surface area (Å²) in [5.74, 6) is 0.619. The van der Waals surface area contributed by atoms with Crippen LogP contribution in [0.25, 0.3) is 22.6 Å². The average Bonchev–Trinajstić information content (AvgIpc) is 3.46. The van der Waals surface area contributed by atoms with E-state index in [1.807, 2.05) is 86.6 Å². The topological polar surface area (TPSA) is 111 Å². The average molecular weight is 552 g/mol. The lowest BCUT2D eigenvalue weighted by molar-refractivity contribution is -0.133. The van der Waals surface area contributed by atoms with Crippen molar-refractivity contribution in [2.75, 3.05) is 7.05 Å². The van der Waals surface area contributed by atoms with Crippen LogP contribution in [0.4, 0.5) is 0 Å². The molecule has 1 amide bonds. The van der Waals surface area contributed by atoms with E-state index in [2.05, 4.69) is 15.3 Å². The molecule has 0 spiro atoms. The van der Waals surface area contributed by atoms with Crippen LogP contribution < -0.4 is 21.3 Å². The van der Waals surface area contributed by atoms with Gasteiger partial charge in [0.15, 0.2) is 5.65 Å². The number of fused-ring (bicyclic) bond motifs is 1. The number of amides is 1. The van der Waals surface area contributed by atoms with Gasteiger partial charge in [-0.15, -0.1) is 0 Å². The predicted molar refractivity (Wildman–Crippen MR) is 159 cm³/mol. The zero-order valence-corrected chi connectivity index (χ0v) is 23.4. The molecule has 0 fully saturated rings. The molecule has 0 aliphatic carbocycles. The molecule has 41 heavy (non-hydrogen) atoms. The van der Waals surface area contributed by atoms with Crippen LogP contribution >= 0.6 is 0 Å². The van der Waals surface area contributed by atoms with Gasteiger partial charge in [-0.1, -0.05) is 74.5 Å². The molecule has 9 heteroatoms. The fourth-order valence-corrected chi connectivity index (χ4v) is 5.12. The number of ether oxygens (including phenoxy) is 1. The molecule has 0 saturated heterocycles. The van der Waals surface area contributed by atoms with Gasteiger partial charge >= 0.3 is 5.69 Å². The molecule has 0 aliphatic rings. The number of benzene rings is 3. The summed E-state index contributed by atoms with van der Waals surface area (Å²) in [6.07, 6.45) is 1.39. The SMILES string of the molecule is CCCn1c(=O)c2[nH]c(-c3ccc(OC(C(=O)NC)(c4ccccc4)c4ccccc4)cc3)nc2n(CCC)c1=O. The maximum atomic E-state index is 13.5. The van der Waals surface area contributed by atoms with Gasteiger partial charge < -0.3 is 15.0 Å². The number of nitrogens with one attached hydrogen (secondary N) is 2. The Balaban J connectivity index is 1.58. The minimum Gasteiger partial charge on any atom is -0.468 e. The van der Waals surface area contributed by atoms with E-state index >= 15 is 0 Å². The molecular formula is C32H33N5O4. The molecule has 0 aliphatic heterocycles. The number of aryl methyl sites for hydroxylation is 1. The normalized spacial score (nSPS) is 11.5. The number of carbonyl (C=O) groups is 1. The molecule has 0 saturated carbocycles. The van der Waals surface area contributed by atoms with Crippen molar-refractivity contribution in [1.82, 2.24) is 24.4 Å². The lowest BCUT2D eigenvalue weighted by atomic mass is 9.85. The zero-order valence-electron chi connectivity index (χ0n) is 23.4. The van der Waals surface area contributed by atoms with Crippen molar-refractivity contribution in [1.29, 1.82) is 0 Å². The van der Waals surface area contributed by atoms with Gasteiger partial charge in [-0.25, -0.2) is 9.78 Å². The zero-order chi connectivity index (χ0) is 29.0. The highest BCUT2D eigenvalue weighted by atomic mass is 16.5. The first-order chi connectivity index (χ1) is 19.9. The monoisotopic (exact) mass is 551 g/mol. The number of carbonyl (C=O) groups excluding carboxylic acids is 1. The summed E-state index contributed by atoms with van der Waals surface area (Å²) in [6.45, 7) is 4.70. The summed E-state index contributed by atoms with van der Waals surface area (Å²) in [4.78, 5) is 47.5. The van der Waals surface area contributed by atoms with E-state index in [0.29, 0.717) is 58.9 Å². The van der Waals surface area contributed by atoms with Gasteiger partial charge in [0.05, 0.1) is 0 Å². The summed E-state index contributed by atoms with van der Waals surface area (Å²) in [6, 6.07) is 25.9. The van der Waals surface area contributed by atoms with Crippen LogP contribution in [0.3, 0.4) is 0 Å². The maximum Gasteiger partial charge on any atom is 0.332 e. The maximum absolute atomic E-state index is 13.5. The summed E-state index contributed by atoms with van der Waals surface area (Å²) in [7, 11) is 1.59. The minimum absolute atomic E-state index is 0.300. The van der Waals surface area contributed by atoms with Gasteiger partial charge in [0, 0.05) is 36.8 Å². The fourth-order valence-electron chi connectivity index (χ4n) is 5.12. The summed E-state index contributed by atoms with van der Waals surface area (Å²) in [5, 5.41) is 2.78. The Morgan fingerprint density at radius 1 is 0.854 bits per heavy atom. The number of nitrogens with zero attached hydrogens (tertiary/aromatic N) is 3. The Morgan fingerprint density at radius 3 is 1.95 bits per heavy atom. The third-order valence-corrected chi connectivity index (χ3v) is 7.06. The first-order valence-electron chi connectivity index (χ1n) is 13.8. The second kappa shape index (κ2) is 11.7. The van der Waals surface area contributed by atoms with Crippen molar-refractivity contribution in [3.8, 4) is 17.1 Å². The van der Waals surface area contributed by atoms with Crippen molar-refractivity contribution in [2.45, 2.75) is 45.4 Å². The first kappa shape index (κ1) is 27.6. The molecule has 0 atom stereocenters. The summed E-state index contributed by atoms with van der Waals surface area (Å²) < 4.78 is 9.39. The van der Waals surface area contributed by atoms with Crippen LogP contribution in [-0.4, -0.2) is 32.1 Å². The van der Waals surface area contributed by atoms with E-state index in [1.165, 1.54) is 4.57 Å². The van der Waals surface area contributed by atoms with Gasteiger partial charge in [-0.05, 0) is 37.1 Å². The van der Waals surface area contributed by atoms with E-state index in [9.17, 15) is 14.4 Å². The highest BCUT2D eigenvalue weighted by Crippen LogP contribution is 2.36. The molecule has 2 N–H and O–H groups in total. The number of hydrogen-bond donors (Lipinski definition) is 2. The lowest BCUT2D eigenvalue weighted by Crippen LogP contribution is -2.48. The van der Waals surface area contributed by atoms with Crippen molar-refractivity contribution in [2.24, 2.45) is 0 Å². The number of aromatic nitrogens is 4. The molecule has 0 bridgehead atoms. The van der Waals surface area contributed by atoms with Crippen LogP contribution in [-0.2, 0) is 23.5 Å². The summed E-state index contributed by atoms with van der Waals surface area (Å²) in [5.41, 5.74) is 0.562. The minimum atomic E-state index is -1.43. The van der Waals surface area contributed by atoms with Gasteiger partial charge in [0.2, 0.25) is 5.60 Å². The molecule has 9 nitrogen and oxygen atoms in total. The number of imidazole rings is 1. The first-order valence-corrected chi connectivity index (χ1v) is 13.8. The van der Waals surface area contributed by atoms with E-state index in [4.69, 9.17) is 4.74 Å². The van der Waals surface area contributed by atoms with E-state index in [0.717, 1.165) is 6.42 Å². The Morgan fingerprint density at radius 2 is 1.41 bits per heavy atom. The number of rotatable bonds is 10. The third kappa shape index (κ3) is 4.95. The lowest BCUT2D eigenvalue weighted by Gasteiger charge is -2.33. The Labute approximate surface area is 237 Å². The molecule has 5 rings (SSSR count). The van der Waals surface area contributed by atoms with Crippen LogP contribution in [0, 0.1) is 0 Å². The van der Waals surface area contributed by atoms with Crippen molar-refractivity contribution < 1.29 is 9.53 Å². The van der Waals surface area contributed by atoms with Crippen LogP contribution in [0.2, 0.25) is 0 Å². The molecule has 2 aromatic heterocycles. The fraction of sp³-hybridized carbons (Fsp3) is 0.250. The van der Waals surface area contributed by atoms with Crippen LogP contribution in [0.15, 0.2) is 94.5 Å². The largest absolute Gasteiger partial charge is 0.468 e. The van der Waals surface area contributed by atoms with Gasteiger partial charge in [0.1, 0.15) is 17.1 Å². The number of likely N-dealkylation sites (N-methyl/N-ethyl adjacent to an activating group) is 1. The molecule has 0 unspecified atom stereocenters. The van der Waals surface area contributed by atoms with E-state index in [1.54, 1.807) is 23.7 Å². The number of aromatic amines is 1. The van der Waals surface area contributed by atoms with Crippen LogP contribution in [0.5, 0.6) is 5.75 Å². The highest BCUT2D eigenvalue weighted by molar-refractivity contribution is 5.90. The van der Waals surface area contributed by atoms with Gasteiger partial charge in [0.25, 0.3) is 11.5 Å². The number of hydrogen-bond acceptors (Lipinski definition) is 5. The Bertz CT molecular complexity index is 1730. The predicted octanol–water partition coefficient (Wildman–Crippen LogP) is 4.44. The quantitative estimate of drug-likeness (QED) is 0.267. The Hall–Kier alpha value is -4.92. The van der Waals surface area contributed by atoms with Crippen LogP contribution in [0.1, 0.15) is 37.8 Å². The van der Waals surface area contributed by atoms with Crippen molar-refractivity contribution in [3.63, 3.8) is 0 Å². The summed E-state index contributed by atoms with van der Waals surface area (Å²) >= 11 is 0. The van der Waals surface area contributed by atoms with Crippen molar-refractivity contribution >= 4 is 17.1 Å². The second-order valence-electron chi connectivity index (χ2n) is 9.79. The molecule has 3 aromatic carbocycles. The second-order valence-corrected chi connectivity index (χ2v) is 9.79. The molecule has 210 valence electrons. The standard InChI is InChI=1S/C32H33N5O4/c1-4-20-36-28-26(29(38)37(21-5-2)31(36)40)34-27(35-28)22-16-18-25(19-17-22)41-32(30(39)33-3,23-12-8-6-9-13-23)24-14-10-7-11-15-24/h6-19H,4-5,20-21H2,1-3H3,(H,33,39)(H,34,35). The highest BCUT2D eigenvalue weighted by Gasteiger charge is 2.44. The Kier molecular flexibility index (Phi) is 7.87. The van der Waals surface area contributed by atoms with E-state index < -0.39 is 5.60 Å². The molecule has 2 heterocycles. The molecule has 0 radical (unpaired) electrons. The van der Waals surface area contributed by atoms with E-state index in [-0.39, 0.29) is 17.2 Å². The number of H-pyrrole nitrogens is 1. The third-order valence-electron chi connectivity index (χ3n) is 7.06. The van der Waals surface area contributed by atoms with Gasteiger partial charge in [-0.2, -0.15) is 0 Å². The van der Waals surface area contributed by atoms with Gasteiger partial charge in [-0.3, -0.25) is 18.7 Å². The smallest absolute Gasteiger partial charge is 0.332 e. The van der Waals surface area contributed by atoms with Crippen molar-refractivity contribution in [3.05, 3.63) is 117 Å². The molecular weight excluding hydrogens is 518 g/mol. The molecule has 5 aromatic rings.